The largest absolute Gasteiger partial charge is 0.355 e. The molecule has 8 heteroatoms. The first-order valence-corrected chi connectivity index (χ1v) is 11.5. The molecule has 2 N–H and O–H groups in total. The van der Waals surface area contributed by atoms with Crippen LogP contribution < -0.4 is 10.6 Å². The number of carbonyl (C=O) groups excluding carboxylic acids is 2. The molecule has 1 aliphatic heterocycles. The summed E-state index contributed by atoms with van der Waals surface area (Å²) in [5, 5.41) is 5.34. The Hall–Kier alpha value is -2.71. The Morgan fingerprint density at radius 1 is 0.900 bits per heavy atom. The smallest absolute Gasteiger partial charge is 0.255 e. The molecular weight excluding hydrogens is 402 g/mol. The van der Waals surface area contributed by atoms with Gasteiger partial charge in [0.05, 0.1) is 4.90 Å². The van der Waals surface area contributed by atoms with Gasteiger partial charge in [-0.05, 0) is 55.7 Å². The first kappa shape index (κ1) is 22.0. The Kier molecular flexibility index (Phi) is 6.89. The van der Waals surface area contributed by atoms with Gasteiger partial charge in [0.1, 0.15) is 0 Å². The van der Waals surface area contributed by atoms with Crippen LogP contribution in [0.4, 0.5) is 5.69 Å². The Labute approximate surface area is 177 Å². The standard InChI is InChI=1S/C22H27N3O4S/c1-16-10-11-18(21(26)23-2)15-20(16)24-22(27)17-8-7-9-19(14-17)30(28,29)25-12-5-3-4-6-13-25/h7-11,14-15H,3-6,12-13H2,1-2H3,(H,23,26)(H,24,27). The van der Waals surface area contributed by atoms with Crippen molar-refractivity contribution >= 4 is 27.5 Å². The molecule has 160 valence electrons. The van der Waals surface area contributed by atoms with E-state index in [9.17, 15) is 18.0 Å². The van der Waals surface area contributed by atoms with Crippen molar-refractivity contribution in [1.82, 2.24) is 9.62 Å². The minimum absolute atomic E-state index is 0.118. The van der Waals surface area contributed by atoms with Gasteiger partial charge >= 0.3 is 0 Å². The number of nitrogens with zero attached hydrogens (tertiary/aromatic N) is 1. The maximum atomic E-state index is 13.0. The maximum Gasteiger partial charge on any atom is 0.255 e. The number of benzene rings is 2. The molecule has 0 saturated carbocycles. The van der Waals surface area contributed by atoms with Gasteiger partial charge in [-0.1, -0.05) is 25.0 Å². The number of nitrogens with one attached hydrogen (secondary N) is 2. The van der Waals surface area contributed by atoms with E-state index in [1.807, 2.05) is 6.92 Å². The van der Waals surface area contributed by atoms with Crippen molar-refractivity contribution in [3.05, 3.63) is 59.2 Å². The van der Waals surface area contributed by atoms with Crippen LogP contribution in [-0.4, -0.2) is 44.7 Å². The molecule has 1 heterocycles. The first-order valence-electron chi connectivity index (χ1n) is 10.1. The number of sulfonamides is 1. The van der Waals surface area contributed by atoms with E-state index >= 15 is 0 Å². The minimum atomic E-state index is -3.64. The Morgan fingerprint density at radius 3 is 2.23 bits per heavy atom. The van der Waals surface area contributed by atoms with Crippen LogP contribution in [0.1, 0.15) is 52.0 Å². The lowest BCUT2D eigenvalue weighted by Crippen LogP contribution is -2.32. The highest BCUT2D eigenvalue weighted by Gasteiger charge is 2.26. The van der Waals surface area contributed by atoms with Crippen LogP contribution in [-0.2, 0) is 10.0 Å². The van der Waals surface area contributed by atoms with Gasteiger partial charge in [0, 0.05) is 37.0 Å². The van der Waals surface area contributed by atoms with Crippen molar-refractivity contribution in [3.63, 3.8) is 0 Å². The lowest BCUT2D eigenvalue weighted by Gasteiger charge is -2.20. The summed E-state index contributed by atoms with van der Waals surface area (Å²) in [6.07, 6.45) is 3.76. The fourth-order valence-corrected chi connectivity index (χ4v) is 5.03. The third-order valence-electron chi connectivity index (χ3n) is 5.27. The molecule has 30 heavy (non-hydrogen) atoms. The summed E-state index contributed by atoms with van der Waals surface area (Å²) in [6, 6.07) is 11.1. The summed E-state index contributed by atoms with van der Waals surface area (Å²) in [6.45, 7) is 2.83. The zero-order valence-corrected chi connectivity index (χ0v) is 18.1. The molecule has 1 aliphatic rings. The van der Waals surface area contributed by atoms with Gasteiger partial charge in [-0.15, -0.1) is 0 Å². The van der Waals surface area contributed by atoms with Crippen molar-refractivity contribution in [2.24, 2.45) is 0 Å². The highest BCUT2D eigenvalue weighted by atomic mass is 32.2. The highest BCUT2D eigenvalue weighted by molar-refractivity contribution is 7.89. The van der Waals surface area contributed by atoms with Crippen LogP contribution in [0.5, 0.6) is 0 Å². The van der Waals surface area contributed by atoms with Crippen LogP contribution in [0.25, 0.3) is 0 Å². The van der Waals surface area contributed by atoms with Gasteiger partial charge in [0.15, 0.2) is 0 Å². The van der Waals surface area contributed by atoms with E-state index in [0.29, 0.717) is 24.3 Å². The van der Waals surface area contributed by atoms with Gasteiger partial charge in [-0.3, -0.25) is 9.59 Å². The van der Waals surface area contributed by atoms with Crippen LogP contribution in [0.15, 0.2) is 47.4 Å². The Bertz CT molecular complexity index is 1040. The average molecular weight is 430 g/mol. The molecular formula is C22H27N3O4S. The third kappa shape index (κ3) is 4.88. The first-order chi connectivity index (χ1) is 14.3. The maximum absolute atomic E-state index is 13.0. The molecule has 0 aromatic heterocycles. The predicted molar refractivity (Wildman–Crippen MR) is 116 cm³/mol. The summed E-state index contributed by atoms with van der Waals surface area (Å²) in [5.74, 6) is -0.684. The fraction of sp³-hybridized carbons (Fsp3) is 0.364. The SMILES string of the molecule is CNC(=O)c1ccc(C)c(NC(=O)c2cccc(S(=O)(=O)N3CCCCCC3)c2)c1. The third-order valence-corrected chi connectivity index (χ3v) is 7.17. The summed E-state index contributed by atoms with van der Waals surface area (Å²) in [4.78, 5) is 24.8. The van der Waals surface area contributed by atoms with Crippen molar-refractivity contribution in [3.8, 4) is 0 Å². The van der Waals surface area contributed by atoms with Crippen LogP contribution in [0.3, 0.4) is 0 Å². The van der Waals surface area contributed by atoms with Crippen molar-refractivity contribution in [2.45, 2.75) is 37.5 Å². The number of anilines is 1. The van der Waals surface area contributed by atoms with E-state index in [1.165, 1.54) is 23.5 Å². The molecule has 7 nitrogen and oxygen atoms in total. The van der Waals surface area contributed by atoms with E-state index in [1.54, 1.807) is 30.3 Å². The van der Waals surface area contributed by atoms with Crippen molar-refractivity contribution < 1.29 is 18.0 Å². The van der Waals surface area contributed by atoms with E-state index in [0.717, 1.165) is 31.2 Å². The molecule has 0 aliphatic carbocycles. The Balaban J connectivity index is 1.84. The van der Waals surface area contributed by atoms with Crippen molar-refractivity contribution in [2.75, 3.05) is 25.5 Å². The van der Waals surface area contributed by atoms with Gasteiger partial charge in [-0.25, -0.2) is 8.42 Å². The highest BCUT2D eigenvalue weighted by Crippen LogP contribution is 2.22. The molecule has 2 amide bonds. The summed E-state index contributed by atoms with van der Waals surface area (Å²) in [7, 11) is -2.10. The molecule has 1 fully saturated rings. The zero-order valence-electron chi connectivity index (χ0n) is 17.3. The summed E-state index contributed by atoms with van der Waals surface area (Å²) >= 11 is 0. The zero-order chi connectivity index (χ0) is 21.7. The monoisotopic (exact) mass is 429 g/mol. The second-order valence-corrected chi connectivity index (χ2v) is 9.35. The minimum Gasteiger partial charge on any atom is -0.355 e. The molecule has 1 saturated heterocycles. The molecule has 0 radical (unpaired) electrons. The summed E-state index contributed by atoms with van der Waals surface area (Å²) < 4.78 is 27.6. The molecule has 0 spiro atoms. The number of amides is 2. The summed E-state index contributed by atoms with van der Waals surface area (Å²) in [5.41, 5.74) is 1.97. The quantitative estimate of drug-likeness (QED) is 0.763. The predicted octanol–water partition coefficient (Wildman–Crippen LogP) is 3.17. The van der Waals surface area contributed by atoms with E-state index < -0.39 is 15.9 Å². The van der Waals surface area contributed by atoms with Gasteiger partial charge < -0.3 is 10.6 Å². The number of rotatable bonds is 5. The second-order valence-electron chi connectivity index (χ2n) is 7.41. The van der Waals surface area contributed by atoms with E-state index in [-0.39, 0.29) is 16.4 Å². The number of carbonyl (C=O) groups is 2. The van der Waals surface area contributed by atoms with Crippen LogP contribution in [0, 0.1) is 6.92 Å². The van der Waals surface area contributed by atoms with Crippen LogP contribution >= 0.6 is 0 Å². The van der Waals surface area contributed by atoms with Crippen LogP contribution in [0.2, 0.25) is 0 Å². The van der Waals surface area contributed by atoms with Gasteiger partial charge in [0.25, 0.3) is 11.8 Å². The topological polar surface area (TPSA) is 95.6 Å². The lowest BCUT2D eigenvalue weighted by atomic mass is 10.1. The van der Waals surface area contributed by atoms with E-state index in [4.69, 9.17) is 0 Å². The Morgan fingerprint density at radius 2 is 1.57 bits per heavy atom. The average Bonchev–Trinajstić information content (AvgIpc) is 3.05. The van der Waals surface area contributed by atoms with Gasteiger partial charge in [0.2, 0.25) is 10.0 Å². The normalized spacial score (nSPS) is 15.3. The molecule has 2 aromatic carbocycles. The van der Waals surface area contributed by atoms with Crippen molar-refractivity contribution in [1.29, 1.82) is 0 Å². The fourth-order valence-electron chi connectivity index (χ4n) is 3.47. The molecule has 3 rings (SSSR count). The number of aryl methyl sites for hydroxylation is 1. The molecule has 0 atom stereocenters. The van der Waals surface area contributed by atoms with Gasteiger partial charge in [-0.2, -0.15) is 4.31 Å². The number of hydrogen-bond donors (Lipinski definition) is 2. The molecule has 0 bridgehead atoms. The molecule has 0 unspecified atom stereocenters. The number of hydrogen-bond acceptors (Lipinski definition) is 4. The molecule has 2 aromatic rings. The second kappa shape index (κ2) is 9.40. The lowest BCUT2D eigenvalue weighted by molar-refractivity contribution is 0.0961. The van der Waals surface area contributed by atoms with E-state index in [2.05, 4.69) is 10.6 Å².